The number of rotatable bonds is 3. The molecule has 2 fully saturated rings. The fraction of sp³-hybridized carbons (Fsp3) is 0.529. The van der Waals surface area contributed by atoms with Crippen molar-refractivity contribution in [3.05, 3.63) is 35.9 Å². The Morgan fingerprint density at radius 2 is 1.71 bits per heavy atom. The Labute approximate surface area is 125 Å². The van der Waals surface area contributed by atoms with E-state index in [1.165, 1.54) is 4.90 Å². The highest BCUT2D eigenvalue weighted by molar-refractivity contribution is 6.05. The molecule has 2 amide bonds. The normalized spacial score (nSPS) is 32.1. The first-order valence-corrected chi connectivity index (χ1v) is 7.72. The molecule has 0 bridgehead atoms. The Morgan fingerprint density at radius 1 is 1.10 bits per heavy atom. The maximum absolute atomic E-state index is 12.5. The predicted molar refractivity (Wildman–Crippen MR) is 79.1 cm³/mol. The second-order valence-corrected chi connectivity index (χ2v) is 6.71. The van der Waals surface area contributed by atoms with E-state index in [0.717, 1.165) is 12.0 Å². The van der Waals surface area contributed by atoms with Crippen molar-refractivity contribution in [3.63, 3.8) is 0 Å². The van der Waals surface area contributed by atoms with Crippen LogP contribution in [0.15, 0.2) is 30.3 Å². The SMILES string of the molecule is CC(C)C[C@H]1[NH2+][C@@H](c2ccccc2)[C@H]2C(=O)N(C)C(=O)[C@H]21. The summed E-state index contributed by atoms with van der Waals surface area (Å²) < 4.78 is 0. The summed E-state index contributed by atoms with van der Waals surface area (Å²) in [6, 6.07) is 10.4. The lowest BCUT2D eigenvalue weighted by Gasteiger charge is -2.19. The van der Waals surface area contributed by atoms with Crippen LogP contribution in [0, 0.1) is 17.8 Å². The number of carbonyl (C=O) groups is 2. The highest BCUT2D eigenvalue weighted by Crippen LogP contribution is 2.40. The summed E-state index contributed by atoms with van der Waals surface area (Å²) >= 11 is 0. The molecule has 21 heavy (non-hydrogen) atoms. The number of hydrogen-bond donors (Lipinski definition) is 1. The molecule has 2 heterocycles. The van der Waals surface area contributed by atoms with Crippen LogP contribution in [0.1, 0.15) is 31.9 Å². The molecular weight excluding hydrogens is 264 g/mol. The molecule has 4 heteroatoms. The third-order valence-corrected chi connectivity index (χ3v) is 4.85. The first kappa shape index (κ1) is 14.3. The van der Waals surface area contributed by atoms with Crippen molar-refractivity contribution >= 4 is 11.8 Å². The van der Waals surface area contributed by atoms with Gasteiger partial charge in [0.25, 0.3) is 0 Å². The molecule has 0 spiro atoms. The zero-order valence-electron chi connectivity index (χ0n) is 12.8. The van der Waals surface area contributed by atoms with Crippen LogP contribution in [0.4, 0.5) is 0 Å². The van der Waals surface area contributed by atoms with Crippen LogP contribution in [0.25, 0.3) is 0 Å². The summed E-state index contributed by atoms with van der Waals surface area (Å²) in [7, 11) is 1.62. The number of amides is 2. The van der Waals surface area contributed by atoms with E-state index in [9.17, 15) is 9.59 Å². The van der Waals surface area contributed by atoms with Crippen molar-refractivity contribution in [3.8, 4) is 0 Å². The minimum absolute atomic E-state index is 0.00494. The second kappa shape index (κ2) is 5.26. The van der Waals surface area contributed by atoms with Crippen molar-refractivity contribution in [1.29, 1.82) is 0 Å². The van der Waals surface area contributed by atoms with E-state index < -0.39 is 0 Å². The fourth-order valence-corrected chi connectivity index (χ4v) is 3.96. The van der Waals surface area contributed by atoms with Gasteiger partial charge in [-0.05, 0) is 5.92 Å². The van der Waals surface area contributed by atoms with Crippen molar-refractivity contribution in [2.45, 2.75) is 32.4 Å². The molecule has 0 saturated carbocycles. The molecule has 2 aliphatic heterocycles. The van der Waals surface area contributed by atoms with E-state index in [1.807, 2.05) is 18.2 Å². The number of benzene rings is 1. The Morgan fingerprint density at radius 3 is 2.33 bits per heavy atom. The van der Waals surface area contributed by atoms with Gasteiger partial charge in [0.05, 0.1) is 6.04 Å². The molecule has 112 valence electrons. The molecule has 3 rings (SSSR count). The summed E-state index contributed by atoms with van der Waals surface area (Å²) in [4.78, 5) is 26.3. The molecule has 4 atom stereocenters. The zero-order chi connectivity index (χ0) is 15.1. The van der Waals surface area contributed by atoms with E-state index in [4.69, 9.17) is 0 Å². The molecule has 0 radical (unpaired) electrons. The van der Waals surface area contributed by atoms with Gasteiger partial charge >= 0.3 is 0 Å². The lowest BCUT2D eigenvalue weighted by molar-refractivity contribution is -0.712. The van der Waals surface area contributed by atoms with Crippen LogP contribution < -0.4 is 5.32 Å². The standard InChI is InChI=1S/C17H22N2O2/c1-10(2)9-12-13-14(17(21)19(3)16(13)20)15(18-12)11-7-5-4-6-8-11/h4-8,10,12-15,18H,9H2,1-3H3/p+1/t12-,13+,14+,15+/m1/s1. The van der Waals surface area contributed by atoms with Crippen LogP contribution in [-0.2, 0) is 9.59 Å². The maximum Gasteiger partial charge on any atom is 0.239 e. The Balaban J connectivity index is 1.96. The van der Waals surface area contributed by atoms with Crippen LogP contribution in [0.2, 0.25) is 0 Å². The molecular formula is C17H23N2O2+. The molecule has 0 unspecified atom stereocenters. The average Bonchev–Trinajstić information content (AvgIpc) is 2.93. The smallest absolute Gasteiger partial charge is 0.239 e. The summed E-state index contributed by atoms with van der Waals surface area (Å²) in [5, 5.41) is 2.26. The molecule has 2 N–H and O–H groups in total. The van der Waals surface area contributed by atoms with Crippen molar-refractivity contribution in [2.75, 3.05) is 7.05 Å². The number of likely N-dealkylation sites (tertiary alicyclic amines) is 1. The number of fused-ring (bicyclic) bond motifs is 1. The Kier molecular flexibility index (Phi) is 3.57. The van der Waals surface area contributed by atoms with Gasteiger partial charge in [-0.2, -0.15) is 0 Å². The zero-order valence-corrected chi connectivity index (χ0v) is 12.8. The van der Waals surface area contributed by atoms with Gasteiger partial charge in [0.15, 0.2) is 0 Å². The fourth-order valence-electron chi connectivity index (χ4n) is 3.96. The molecule has 2 aliphatic rings. The van der Waals surface area contributed by atoms with Gasteiger partial charge in [0, 0.05) is 19.0 Å². The summed E-state index contributed by atoms with van der Waals surface area (Å²) in [5.41, 5.74) is 1.15. The van der Waals surface area contributed by atoms with Crippen LogP contribution in [-0.4, -0.2) is 29.8 Å². The van der Waals surface area contributed by atoms with Gasteiger partial charge in [0.2, 0.25) is 11.8 Å². The van der Waals surface area contributed by atoms with Crippen LogP contribution in [0.5, 0.6) is 0 Å². The maximum atomic E-state index is 12.5. The summed E-state index contributed by atoms with van der Waals surface area (Å²) in [6.45, 7) is 4.34. The number of carbonyl (C=O) groups excluding carboxylic acids is 2. The van der Waals surface area contributed by atoms with E-state index in [2.05, 4.69) is 31.3 Å². The molecule has 1 aromatic carbocycles. The van der Waals surface area contributed by atoms with E-state index in [-0.39, 0.29) is 35.7 Å². The van der Waals surface area contributed by atoms with Gasteiger partial charge in [-0.15, -0.1) is 0 Å². The van der Waals surface area contributed by atoms with Crippen molar-refractivity contribution in [1.82, 2.24) is 4.90 Å². The third kappa shape index (κ3) is 2.27. The lowest BCUT2D eigenvalue weighted by atomic mass is 9.84. The average molecular weight is 287 g/mol. The van der Waals surface area contributed by atoms with Gasteiger partial charge in [-0.1, -0.05) is 44.2 Å². The largest absolute Gasteiger partial charge is 0.336 e. The number of hydrogen-bond acceptors (Lipinski definition) is 2. The van der Waals surface area contributed by atoms with Gasteiger partial charge in [0.1, 0.15) is 17.9 Å². The monoisotopic (exact) mass is 287 g/mol. The van der Waals surface area contributed by atoms with E-state index >= 15 is 0 Å². The topological polar surface area (TPSA) is 54.0 Å². The highest BCUT2D eigenvalue weighted by atomic mass is 16.2. The number of nitrogens with zero attached hydrogens (tertiary/aromatic N) is 1. The number of imide groups is 1. The summed E-state index contributed by atoms with van der Waals surface area (Å²) in [6.07, 6.45) is 0.970. The minimum Gasteiger partial charge on any atom is -0.336 e. The van der Waals surface area contributed by atoms with Gasteiger partial charge in [-0.3, -0.25) is 14.5 Å². The van der Waals surface area contributed by atoms with Gasteiger partial charge in [-0.25, -0.2) is 0 Å². The molecule has 2 saturated heterocycles. The minimum atomic E-state index is -0.200. The molecule has 1 aromatic rings. The Hall–Kier alpha value is -1.68. The van der Waals surface area contributed by atoms with Crippen molar-refractivity contribution < 1.29 is 14.9 Å². The molecule has 0 aromatic heterocycles. The van der Waals surface area contributed by atoms with Crippen LogP contribution >= 0.6 is 0 Å². The number of nitrogens with two attached hydrogens (primary N) is 1. The number of quaternary nitrogens is 1. The van der Waals surface area contributed by atoms with Gasteiger partial charge < -0.3 is 5.32 Å². The third-order valence-electron chi connectivity index (χ3n) is 4.85. The summed E-state index contributed by atoms with van der Waals surface area (Å²) in [5.74, 6) is 0.158. The van der Waals surface area contributed by atoms with E-state index in [0.29, 0.717) is 5.92 Å². The first-order chi connectivity index (χ1) is 10.0. The quantitative estimate of drug-likeness (QED) is 0.842. The molecule has 4 nitrogen and oxygen atoms in total. The second-order valence-electron chi connectivity index (χ2n) is 6.71. The molecule has 0 aliphatic carbocycles. The highest BCUT2D eigenvalue weighted by Gasteiger charge is 2.61. The lowest BCUT2D eigenvalue weighted by Crippen LogP contribution is -2.89. The Bertz CT molecular complexity index is 555. The van der Waals surface area contributed by atoms with Crippen LogP contribution in [0.3, 0.4) is 0 Å². The predicted octanol–water partition coefficient (Wildman–Crippen LogP) is 0.950. The van der Waals surface area contributed by atoms with Crippen molar-refractivity contribution in [2.24, 2.45) is 17.8 Å². The first-order valence-electron chi connectivity index (χ1n) is 7.72. The van der Waals surface area contributed by atoms with E-state index in [1.54, 1.807) is 7.05 Å².